The number of carbonyl (C=O) groups is 1. The fourth-order valence-corrected chi connectivity index (χ4v) is 3.26. The highest BCUT2D eigenvalue weighted by Gasteiger charge is 2.26. The molecule has 0 radical (unpaired) electrons. The molecule has 1 aliphatic rings. The fourth-order valence-electron chi connectivity index (χ4n) is 3.26. The third kappa shape index (κ3) is 3.14. The zero-order chi connectivity index (χ0) is 15.5. The van der Waals surface area contributed by atoms with Crippen LogP contribution in [-0.4, -0.2) is 44.5 Å². The molecule has 1 aliphatic heterocycles. The van der Waals surface area contributed by atoms with Crippen LogP contribution in [-0.2, 0) is 11.2 Å². The minimum absolute atomic E-state index is 0.123. The number of piperidine rings is 1. The lowest BCUT2D eigenvalue weighted by Gasteiger charge is -2.35. The van der Waals surface area contributed by atoms with E-state index in [-0.39, 0.29) is 18.6 Å². The van der Waals surface area contributed by atoms with E-state index in [4.69, 9.17) is 0 Å². The molecule has 1 N–H and O–H groups in total. The Morgan fingerprint density at radius 2 is 2.32 bits per heavy atom. The summed E-state index contributed by atoms with van der Waals surface area (Å²) >= 11 is 0. The summed E-state index contributed by atoms with van der Waals surface area (Å²) in [5, 5.41) is 9.18. The van der Waals surface area contributed by atoms with Gasteiger partial charge in [0.2, 0.25) is 5.91 Å². The number of amides is 1. The smallest absolute Gasteiger partial charge is 0.228 e. The first-order chi connectivity index (χ1) is 10.7. The summed E-state index contributed by atoms with van der Waals surface area (Å²) in [6, 6.07) is 4.23. The number of hydrogen-bond donors (Lipinski definition) is 1. The van der Waals surface area contributed by atoms with E-state index in [1.165, 1.54) is 0 Å². The van der Waals surface area contributed by atoms with E-state index < -0.39 is 0 Å². The number of likely N-dealkylation sites (tertiary alicyclic amines) is 1. The van der Waals surface area contributed by atoms with Crippen molar-refractivity contribution in [1.82, 2.24) is 14.3 Å². The van der Waals surface area contributed by atoms with E-state index in [1.807, 2.05) is 40.8 Å². The third-order valence-electron chi connectivity index (χ3n) is 4.41. The molecular weight excluding hydrogens is 278 g/mol. The minimum atomic E-state index is 0.123. The maximum atomic E-state index is 12.6. The first-order valence-electron chi connectivity index (χ1n) is 8.02. The van der Waals surface area contributed by atoms with Gasteiger partial charge in [-0.05, 0) is 50.3 Å². The first kappa shape index (κ1) is 15.0. The van der Waals surface area contributed by atoms with Crippen molar-refractivity contribution >= 4 is 11.6 Å². The SMILES string of the molecule is Cc1ccn2cc(CC(=O)N3CCCCC3CCO)nc2c1. The number of aryl methyl sites for hydroxylation is 1. The standard InChI is InChI=1S/C17H23N3O2/c1-13-5-8-19-12-14(18-16(19)10-13)11-17(22)20-7-3-2-4-15(20)6-9-21/h5,8,10,12,15,21H,2-4,6-7,9,11H2,1H3. The molecule has 0 saturated carbocycles. The second-order valence-corrected chi connectivity index (χ2v) is 6.13. The number of aliphatic hydroxyl groups excluding tert-OH is 1. The van der Waals surface area contributed by atoms with E-state index in [0.29, 0.717) is 12.8 Å². The van der Waals surface area contributed by atoms with Crippen LogP contribution in [0.15, 0.2) is 24.5 Å². The zero-order valence-electron chi connectivity index (χ0n) is 13.0. The number of hydrogen-bond acceptors (Lipinski definition) is 3. The monoisotopic (exact) mass is 301 g/mol. The van der Waals surface area contributed by atoms with Gasteiger partial charge in [0.05, 0.1) is 12.1 Å². The molecule has 3 heterocycles. The lowest BCUT2D eigenvalue weighted by Crippen LogP contribution is -2.44. The van der Waals surface area contributed by atoms with Gasteiger partial charge >= 0.3 is 0 Å². The van der Waals surface area contributed by atoms with E-state index in [1.54, 1.807) is 0 Å². The number of fused-ring (bicyclic) bond motifs is 1. The largest absolute Gasteiger partial charge is 0.396 e. The van der Waals surface area contributed by atoms with Gasteiger partial charge < -0.3 is 14.4 Å². The number of carbonyl (C=O) groups excluding carboxylic acids is 1. The third-order valence-corrected chi connectivity index (χ3v) is 4.41. The number of nitrogens with zero attached hydrogens (tertiary/aromatic N) is 3. The minimum Gasteiger partial charge on any atom is -0.396 e. The Morgan fingerprint density at radius 1 is 1.45 bits per heavy atom. The predicted molar refractivity (Wildman–Crippen MR) is 84.7 cm³/mol. The topological polar surface area (TPSA) is 57.8 Å². The van der Waals surface area contributed by atoms with Crippen molar-refractivity contribution in [2.75, 3.05) is 13.2 Å². The number of aliphatic hydroxyl groups is 1. The van der Waals surface area contributed by atoms with Crippen LogP contribution in [0.5, 0.6) is 0 Å². The molecule has 1 amide bonds. The van der Waals surface area contributed by atoms with E-state index in [9.17, 15) is 9.90 Å². The molecule has 1 saturated heterocycles. The van der Waals surface area contributed by atoms with Crippen molar-refractivity contribution in [2.45, 2.75) is 45.1 Å². The van der Waals surface area contributed by atoms with Crippen molar-refractivity contribution in [1.29, 1.82) is 0 Å². The van der Waals surface area contributed by atoms with Gasteiger partial charge in [-0.25, -0.2) is 4.98 Å². The number of imidazole rings is 1. The molecule has 2 aromatic heterocycles. The summed E-state index contributed by atoms with van der Waals surface area (Å²) in [5.41, 5.74) is 2.85. The van der Waals surface area contributed by atoms with Crippen LogP contribution in [0.25, 0.3) is 5.65 Å². The van der Waals surface area contributed by atoms with Crippen molar-refractivity contribution < 1.29 is 9.90 Å². The predicted octanol–water partition coefficient (Wildman–Crippen LogP) is 1.95. The van der Waals surface area contributed by atoms with E-state index in [0.717, 1.165) is 42.7 Å². The van der Waals surface area contributed by atoms with Gasteiger partial charge in [-0.3, -0.25) is 4.79 Å². The Hall–Kier alpha value is -1.88. The van der Waals surface area contributed by atoms with Gasteiger partial charge in [0, 0.05) is 31.6 Å². The summed E-state index contributed by atoms with van der Waals surface area (Å²) in [7, 11) is 0. The van der Waals surface area contributed by atoms with Crippen LogP contribution in [0.4, 0.5) is 0 Å². The van der Waals surface area contributed by atoms with Gasteiger partial charge in [-0.15, -0.1) is 0 Å². The van der Waals surface area contributed by atoms with Crippen LogP contribution in [0, 0.1) is 6.92 Å². The second-order valence-electron chi connectivity index (χ2n) is 6.13. The average molecular weight is 301 g/mol. The molecule has 118 valence electrons. The Balaban J connectivity index is 1.73. The zero-order valence-corrected chi connectivity index (χ0v) is 13.0. The molecule has 0 bridgehead atoms. The summed E-state index contributed by atoms with van der Waals surface area (Å²) < 4.78 is 1.96. The van der Waals surface area contributed by atoms with Crippen molar-refractivity contribution in [3.05, 3.63) is 35.8 Å². The highest BCUT2D eigenvalue weighted by atomic mass is 16.3. The lowest BCUT2D eigenvalue weighted by molar-refractivity contribution is -0.134. The fraction of sp³-hybridized carbons (Fsp3) is 0.529. The molecule has 3 rings (SSSR count). The van der Waals surface area contributed by atoms with Crippen LogP contribution >= 0.6 is 0 Å². The van der Waals surface area contributed by atoms with Gasteiger partial charge in [-0.2, -0.15) is 0 Å². The van der Waals surface area contributed by atoms with Crippen molar-refractivity contribution in [3.8, 4) is 0 Å². The van der Waals surface area contributed by atoms with E-state index in [2.05, 4.69) is 4.98 Å². The van der Waals surface area contributed by atoms with Crippen molar-refractivity contribution in [3.63, 3.8) is 0 Å². The Kier molecular flexibility index (Phi) is 4.43. The molecule has 5 heteroatoms. The second kappa shape index (κ2) is 6.48. The Labute approximate surface area is 130 Å². The van der Waals surface area contributed by atoms with Gasteiger partial charge in [0.25, 0.3) is 0 Å². The van der Waals surface area contributed by atoms with Crippen molar-refractivity contribution in [2.24, 2.45) is 0 Å². The number of rotatable bonds is 4. The lowest BCUT2D eigenvalue weighted by atomic mass is 9.99. The van der Waals surface area contributed by atoms with Crippen LogP contribution < -0.4 is 0 Å². The van der Waals surface area contributed by atoms with Crippen LogP contribution in [0.1, 0.15) is 36.9 Å². The summed E-state index contributed by atoms with van der Waals surface area (Å²) in [6.45, 7) is 2.98. The summed E-state index contributed by atoms with van der Waals surface area (Å²) in [5.74, 6) is 0.123. The molecule has 0 aliphatic carbocycles. The van der Waals surface area contributed by atoms with E-state index >= 15 is 0 Å². The first-order valence-corrected chi connectivity index (χ1v) is 8.02. The molecule has 22 heavy (non-hydrogen) atoms. The molecule has 5 nitrogen and oxygen atoms in total. The average Bonchev–Trinajstić information content (AvgIpc) is 2.89. The summed E-state index contributed by atoms with van der Waals surface area (Å²) in [6.07, 6.45) is 8.11. The summed E-state index contributed by atoms with van der Waals surface area (Å²) in [4.78, 5) is 19.1. The molecule has 1 fully saturated rings. The Bertz CT molecular complexity index is 663. The number of pyridine rings is 1. The highest BCUT2D eigenvalue weighted by Crippen LogP contribution is 2.20. The van der Waals surface area contributed by atoms with Crippen LogP contribution in [0.3, 0.4) is 0 Å². The van der Waals surface area contributed by atoms with Crippen LogP contribution in [0.2, 0.25) is 0 Å². The maximum Gasteiger partial charge on any atom is 0.228 e. The molecule has 1 atom stereocenters. The normalized spacial score (nSPS) is 18.8. The molecular formula is C17H23N3O2. The number of aromatic nitrogens is 2. The molecule has 2 aromatic rings. The van der Waals surface area contributed by atoms with Gasteiger partial charge in [-0.1, -0.05) is 0 Å². The van der Waals surface area contributed by atoms with Gasteiger partial charge in [0.15, 0.2) is 0 Å². The Morgan fingerprint density at radius 3 is 3.14 bits per heavy atom. The highest BCUT2D eigenvalue weighted by molar-refractivity contribution is 5.79. The molecule has 0 aromatic carbocycles. The maximum absolute atomic E-state index is 12.6. The quantitative estimate of drug-likeness (QED) is 0.939. The molecule has 1 unspecified atom stereocenters. The van der Waals surface area contributed by atoms with Gasteiger partial charge in [0.1, 0.15) is 5.65 Å². The molecule has 0 spiro atoms.